The van der Waals surface area contributed by atoms with E-state index in [0.717, 1.165) is 6.42 Å². The molecule has 0 fully saturated rings. The zero-order valence-corrected chi connectivity index (χ0v) is 21.9. The first-order chi connectivity index (χ1) is 17.3. The molecule has 0 spiro atoms. The summed E-state index contributed by atoms with van der Waals surface area (Å²) < 4.78 is 5.48. The van der Waals surface area contributed by atoms with Gasteiger partial charge in [-0.2, -0.15) is 0 Å². The van der Waals surface area contributed by atoms with Gasteiger partial charge in [-0.1, -0.05) is 0 Å². The first-order valence-corrected chi connectivity index (χ1v) is 14.2. The Labute approximate surface area is 215 Å². The molecule has 1 aromatic heterocycles. The van der Waals surface area contributed by atoms with Gasteiger partial charge in [0.15, 0.2) is 0 Å². The van der Waals surface area contributed by atoms with Crippen LogP contribution in [0.15, 0.2) is 134 Å². The zero-order valence-electron chi connectivity index (χ0n) is 20.2. The molecule has 4 aromatic carbocycles. The Bertz CT molecular complexity index is 1230. The average Bonchev–Trinajstić information content (AvgIpc) is 3.32. The van der Waals surface area contributed by atoms with Crippen LogP contribution in [0.2, 0.25) is 0 Å². The Kier molecular flexibility index (Phi) is 7.33. The molecule has 0 aliphatic heterocycles. The van der Waals surface area contributed by atoms with Crippen molar-refractivity contribution in [3.8, 4) is 0 Å². The number of nitrogens with zero attached hydrogens (tertiary/aromatic N) is 1. The van der Waals surface area contributed by atoms with Crippen LogP contribution in [0.3, 0.4) is 0 Å². The Hall–Kier alpha value is -3.32. The molecular weight excluding hydrogens is 489 g/mol. The van der Waals surface area contributed by atoms with E-state index in [1.54, 1.807) is 0 Å². The molecule has 0 aliphatic carbocycles. The quantitative estimate of drug-likeness (QED) is 0.158. The molecule has 0 atom stereocenters. The monoisotopic (exact) mass is 521 g/mol. The third-order valence-electron chi connectivity index (χ3n) is 6.62. The van der Waals surface area contributed by atoms with Crippen LogP contribution in [0.5, 0.6) is 0 Å². The summed E-state index contributed by atoms with van der Waals surface area (Å²) in [4.78, 5) is 0. The minimum atomic E-state index is -0.447. The van der Waals surface area contributed by atoms with Gasteiger partial charge in [-0.3, -0.25) is 0 Å². The van der Waals surface area contributed by atoms with Gasteiger partial charge in [0.1, 0.15) is 0 Å². The average molecular weight is 521 g/mol. The van der Waals surface area contributed by atoms with E-state index in [2.05, 4.69) is 145 Å². The van der Waals surface area contributed by atoms with E-state index in [4.69, 9.17) is 0 Å². The third kappa shape index (κ3) is 4.65. The molecule has 5 rings (SSSR count). The van der Waals surface area contributed by atoms with Crippen LogP contribution in [-0.4, -0.2) is 19.5 Å². The standard InChI is InChI=1S/C33H31NSe/c1-2-3-24-31-32(35-30-22-14-7-15-23-30)25-26-34(31)33(27-16-8-4-9-17-27,28-18-10-5-11-19-28)29-20-12-6-13-21-29/h4-23,25-26H,2-3,24H2,1H3. The molecule has 1 nitrogen and oxygen atoms in total. The Morgan fingerprint density at radius 3 is 1.51 bits per heavy atom. The molecule has 0 bridgehead atoms. The van der Waals surface area contributed by atoms with Crippen molar-refractivity contribution in [3.05, 3.63) is 156 Å². The van der Waals surface area contributed by atoms with E-state index in [-0.39, 0.29) is 15.0 Å². The van der Waals surface area contributed by atoms with Crippen molar-refractivity contribution in [2.45, 2.75) is 31.7 Å². The predicted molar refractivity (Wildman–Crippen MR) is 149 cm³/mol. The first kappa shape index (κ1) is 23.4. The van der Waals surface area contributed by atoms with Crippen LogP contribution in [0.1, 0.15) is 42.1 Å². The SMILES string of the molecule is CCCCc1c([Se]c2ccccc2)ccn1C(c1ccccc1)(c1ccccc1)c1ccccc1. The maximum atomic E-state index is 2.59. The fourth-order valence-corrected chi connectivity index (χ4v) is 7.10. The fraction of sp³-hybridized carbons (Fsp3) is 0.152. The summed E-state index contributed by atoms with van der Waals surface area (Å²) >= 11 is 0.255. The van der Waals surface area contributed by atoms with Crippen LogP contribution >= 0.6 is 0 Å². The van der Waals surface area contributed by atoms with E-state index in [1.807, 2.05) is 0 Å². The number of benzene rings is 4. The number of rotatable bonds is 9. The summed E-state index contributed by atoms with van der Waals surface area (Å²) in [6, 6.07) is 46.4. The number of hydrogen-bond donors (Lipinski definition) is 0. The molecule has 0 aliphatic rings. The van der Waals surface area contributed by atoms with Crippen LogP contribution in [0.25, 0.3) is 0 Å². The third-order valence-corrected chi connectivity index (χ3v) is 8.93. The summed E-state index contributed by atoms with van der Waals surface area (Å²) in [5.74, 6) is 0. The van der Waals surface area contributed by atoms with Gasteiger partial charge in [-0.25, -0.2) is 0 Å². The molecule has 0 amide bonds. The molecule has 174 valence electrons. The van der Waals surface area contributed by atoms with Gasteiger partial charge in [0.05, 0.1) is 0 Å². The van der Waals surface area contributed by atoms with Gasteiger partial charge < -0.3 is 0 Å². The Morgan fingerprint density at radius 1 is 0.600 bits per heavy atom. The number of hydrogen-bond acceptors (Lipinski definition) is 0. The van der Waals surface area contributed by atoms with E-state index in [1.165, 1.54) is 44.1 Å². The van der Waals surface area contributed by atoms with Crippen molar-refractivity contribution < 1.29 is 0 Å². The summed E-state index contributed by atoms with van der Waals surface area (Å²) in [5, 5.41) is 0. The normalized spacial score (nSPS) is 11.5. The van der Waals surface area contributed by atoms with Crippen molar-refractivity contribution in [1.29, 1.82) is 0 Å². The Balaban J connectivity index is 1.81. The van der Waals surface area contributed by atoms with E-state index < -0.39 is 5.54 Å². The van der Waals surface area contributed by atoms with Crippen LogP contribution in [0, 0.1) is 0 Å². The van der Waals surface area contributed by atoms with Crippen molar-refractivity contribution in [1.82, 2.24) is 4.57 Å². The predicted octanol–water partition coefficient (Wildman–Crippen LogP) is 6.33. The number of aromatic nitrogens is 1. The minimum absolute atomic E-state index is 0.255. The Morgan fingerprint density at radius 2 is 1.06 bits per heavy atom. The number of unbranched alkanes of at least 4 members (excludes halogenated alkanes) is 1. The molecule has 0 N–H and O–H groups in total. The molecule has 0 radical (unpaired) electrons. The van der Waals surface area contributed by atoms with Gasteiger partial charge in [-0.05, 0) is 0 Å². The zero-order chi connectivity index (χ0) is 23.9. The van der Waals surface area contributed by atoms with Gasteiger partial charge in [0.25, 0.3) is 0 Å². The second kappa shape index (κ2) is 10.9. The summed E-state index contributed by atoms with van der Waals surface area (Å²) in [5.41, 5.74) is 4.85. The molecule has 5 aromatic rings. The molecule has 0 unspecified atom stereocenters. The van der Waals surface area contributed by atoms with Gasteiger partial charge >= 0.3 is 216 Å². The van der Waals surface area contributed by atoms with Crippen molar-refractivity contribution in [2.24, 2.45) is 0 Å². The van der Waals surface area contributed by atoms with Gasteiger partial charge in [-0.15, -0.1) is 0 Å². The molecule has 0 saturated carbocycles. The van der Waals surface area contributed by atoms with Crippen molar-refractivity contribution in [3.63, 3.8) is 0 Å². The second-order valence-electron chi connectivity index (χ2n) is 8.82. The van der Waals surface area contributed by atoms with Gasteiger partial charge in [0, 0.05) is 0 Å². The second-order valence-corrected chi connectivity index (χ2v) is 11.2. The van der Waals surface area contributed by atoms with E-state index in [0.29, 0.717) is 0 Å². The molecule has 1 heterocycles. The maximum absolute atomic E-state index is 2.59. The van der Waals surface area contributed by atoms with Crippen molar-refractivity contribution in [2.75, 3.05) is 0 Å². The fourth-order valence-electron chi connectivity index (χ4n) is 5.01. The first-order valence-electron chi connectivity index (χ1n) is 12.4. The summed E-state index contributed by atoms with van der Waals surface area (Å²) in [7, 11) is 0. The van der Waals surface area contributed by atoms with Crippen LogP contribution < -0.4 is 8.92 Å². The van der Waals surface area contributed by atoms with Crippen LogP contribution in [-0.2, 0) is 12.0 Å². The van der Waals surface area contributed by atoms with Gasteiger partial charge in [0.2, 0.25) is 0 Å². The van der Waals surface area contributed by atoms with E-state index in [9.17, 15) is 0 Å². The topological polar surface area (TPSA) is 4.93 Å². The molecule has 0 saturated heterocycles. The van der Waals surface area contributed by atoms with Crippen molar-refractivity contribution >= 4 is 23.9 Å². The van der Waals surface area contributed by atoms with E-state index >= 15 is 0 Å². The molecule has 35 heavy (non-hydrogen) atoms. The summed E-state index contributed by atoms with van der Waals surface area (Å²) in [6.07, 6.45) is 5.77. The molecule has 2 heteroatoms. The summed E-state index contributed by atoms with van der Waals surface area (Å²) in [6.45, 7) is 2.29. The molecular formula is C33H31NSe. The van der Waals surface area contributed by atoms with Crippen LogP contribution in [0.4, 0.5) is 0 Å².